The fraction of sp³-hybridized carbons (Fsp3) is 0.533. The maximum Gasteiger partial charge on any atom is 0.235 e. The van der Waals surface area contributed by atoms with E-state index >= 15 is 0 Å². The van der Waals surface area contributed by atoms with E-state index in [0.717, 1.165) is 28.4 Å². The zero-order valence-corrected chi connectivity index (χ0v) is 14.2. The van der Waals surface area contributed by atoms with E-state index in [1.165, 1.54) is 0 Å². The highest BCUT2D eigenvalue weighted by atomic mass is 32.2. The van der Waals surface area contributed by atoms with Crippen molar-refractivity contribution in [2.75, 3.05) is 11.1 Å². The number of fused-ring (bicyclic) bond motifs is 1. The van der Waals surface area contributed by atoms with Crippen LogP contribution in [0, 0.1) is 13.8 Å². The Labute approximate surface area is 133 Å². The zero-order valence-electron chi connectivity index (χ0n) is 13.4. The third-order valence-electron chi connectivity index (χ3n) is 3.71. The molecule has 7 heteroatoms. The van der Waals surface area contributed by atoms with Gasteiger partial charge >= 0.3 is 0 Å². The molecule has 22 heavy (non-hydrogen) atoms. The van der Waals surface area contributed by atoms with Crippen molar-refractivity contribution < 1.29 is 9.32 Å². The second-order valence-corrected chi connectivity index (χ2v) is 7.60. The molecule has 2 aromatic rings. The molecule has 0 radical (unpaired) electrons. The molecule has 0 fully saturated rings. The van der Waals surface area contributed by atoms with Crippen molar-refractivity contribution in [3.63, 3.8) is 0 Å². The minimum atomic E-state index is -0.209. The molecule has 0 aliphatic carbocycles. The Morgan fingerprint density at radius 2 is 2.14 bits per heavy atom. The van der Waals surface area contributed by atoms with Crippen LogP contribution in [0.3, 0.4) is 0 Å². The van der Waals surface area contributed by atoms with Crippen LogP contribution in [0.4, 0.5) is 5.82 Å². The number of aryl methyl sites for hydroxylation is 2. The molecule has 118 valence electrons. The first-order chi connectivity index (χ1) is 10.3. The first-order valence-electron chi connectivity index (χ1n) is 7.21. The highest BCUT2D eigenvalue weighted by molar-refractivity contribution is 8.00. The van der Waals surface area contributed by atoms with Gasteiger partial charge in [0.2, 0.25) is 5.91 Å². The molecular weight excluding hydrogens is 300 g/mol. The minimum absolute atomic E-state index is 0.00343. The van der Waals surface area contributed by atoms with Gasteiger partial charge in [-0.15, -0.1) is 11.8 Å². The Balaban J connectivity index is 2.17. The molecule has 1 N–H and O–H groups in total. The number of thioether (sulfide) groups is 1. The van der Waals surface area contributed by atoms with E-state index in [4.69, 9.17) is 4.52 Å². The van der Waals surface area contributed by atoms with Crippen LogP contribution in [0.1, 0.15) is 48.6 Å². The summed E-state index contributed by atoms with van der Waals surface area (Å²) in [5, 5.41) is 11.5. The van der Waals surface area contributed by atoms with E-state index in [0.29, 0.717) is 5.75 Å². The van der Waals surface area contributed by atoms with E-state index in [2.05, 4.69) is 36.3 Å². The Kier molecular flexibility index (Phi) is 3.55. The summed E-state index contributed by atoms with van der Waals surface area (Å²) >= 11 is 1.58. The van der Waals surface area contributed by atoms with Gasteiger partial charge in [0.15, 0.2) is 0 Å². The third-order valence-corrected chi connectivity index (χ3v) is 4.96. The number of nitrogens with one attached hydrogen (secondary N) is 1. The number of anilines is 1. The molecule has 6 nitrogen and oxygen atoms in total. The summed E-state index contributed by atoms with van der Waals surface area (Å²) in [6.45, 7) is 10.0. The Bertz CT molecular complexity index is 707. The maximum absolute atomic E-state index is 12.1. The first kappa shape index (κ1) is 15.1. The second kappa shape index (κ2) is 5.15. The molecule has 1 aliphatic rings. The van der Waals surface area contributed by atoms with E-state index in [1.807, 2.05) is 24.7 Å². The van der Waals surface area contributed by atoms with Crippen molar-refractivity contribution in [3.05, 3.63) is 28.8 Å². The number of nitrogens with zero attached hydrogens (tertiary/aromatic N) is 3. The lowest BCUT2D eigenvalue weighted by Gasteiger charge is -2.23. The zero-order chi connectivity index (χ0) is 16.1. The van der Waals surface area contributed by atoms with Gasteiger partial charge in [0.1, 0.15) is 11.6 Å². The predicted molar refractivity (Wildman–Crippen MR) is 86.1 cm³/mol. The van der Waals surface area contributed by atoms with Crippen LogP contribution in [-0.2, 0) is 10.3 Å². The van der Waals surface area contributed by atoms with Gasteiger partial charge in [-0.3, -0.25) is 4.79 Å². The van der Waals surface area contributed by atoms with Crippen LogP contribution >= 0.6 is 11.8 Å². The van der Waals surface area contributed by atoms with E-state index in [9.17, 15) is 4.79 Å². The molecule has 1 unspecified atom stereocenters. The second-order valence-electron chi connectivity index (χ2n) is 6.51. The molecule has 3 rings (SSSR count). The number of hydrogen-bond donors (Lipinski definition) is 1. The minimum Gasteiger partial charge on any atom is -0.361 e. The Morgan fingerprint density at radius 3 is 2.73 bits per heavy atom. The lowest BCUT2D eigenvalue weighted by Crippen LogP contribution is -2.27. The summed E-state index contributed by atoms with van der Waals surface area (Å²) in [6, 6.07) is 0. The fourth-order valence-corrected chi connectivity index (χ4v) is 3.95. The van der Waals surface area contributed by atoms with Crippen molar-refractivity contribution in [1.29, 1.82) is 0 Å². The van der Waals surface area contributed by atoms with Crippen LogP contribution in [0.15, 0.2) is 10.7 Å². The number of rotatable bonds is 1. The van der Waals surface area contributed by atoms with E-state index < -0.39 is 0 Å². The van der Waals surface area contributed by atoms with E-state index in [1.54, 1.807) is 11.8 Å². The number of carbonyl (C=O) groups is 1. The van der Waals surface area contributed by atoms with Crippen LogP contribution in [-0.4, -0.2) is 26.6 Å². The van der Waals surface area contributed by atoms with Gasteiger partial charge in [0, 0.05) is 11.1 Å². The summed E-state index contributed by atoms with van der Waals surface area (Å²) in [5.74, 6) is 1.95. The predicted octanol–water partition coefficient (Wildman–Crippen LogP) is 3.02. The van der Waals surface area contributed by atoms with Crippen LogP contribution < -0.4 is 5.32 Å². The van der Waals surface area contributed by atoms with Gasteiger partial charge in [-0.25, -0.2) is 4.68 Å². The molecule has 0 bridgehead atoms. The normalized spacial score (nSPS) is 18.8. The molecule has 0 spiro atoms. The van der Waals surface area contributed by atoms with E-state index in [-0.39, 0.29) is 16.7 Å². The summed E-state index contributed by atoms with van der Waals surface area (Å²) in [6.07, 6.45) is 1.84. The monoisotopic (exact) mass is 320 g/mol. The van der Waals surface area contributed by atoms with Crippen molar-refractivity contribution in [1.82, 2.24) is 14.9 Å². The molecule has 1 atom stereocenters. The van der Waals surface area contributed by atoms with Crippen LogP contribution in [0.25, 0.3) is 0 Å². The van der Waals surface area contributed by atoms with Crippen LogP contribution in [0.2, 0.25) is 0 Å². The van der Waals surface area contributed by atoms with Gasteiger partial charge in [0.05, 0.1) is 28.4 Å². The molecule has 3 heterocycles. The molecule has 1 aliphatic heterocycles. The lowest BCUT2D eigenvalue weighted by molar-refractivity contribution is -0.113. The Morgan fingerprint density at radius 1 is 1.41 bits per heavy atom. The van der Waals surface area contributed by atoms with Crippen molar-refractivity contribution in [2.45, 2.75) is 45.4 Å². The largest absolute Gasteiger partial charge is 0.361 e. The molecule has 0 aromatic carbocycles. The molecule has 2 aromatic heterocycles. The summed E-state index contributed by atoms with van der Waals surface area (Å²) < 4.78 is 7.18. The van der Waals surface area contributed by atoms with Gasteiger partial charge < -0.3 is 9.84 Å². The third kappa shape index (κ3) is 2.43. The van der Waals surface area contributed by atoms with Gasteiger partial charge in [-0.2, -0.15) is 5.10 Å². The molecule has 0 saturated heterocycles. The quantitative estimate of drug-likeness (QED) is 0.874. The molecular formula is C15H20N4O2S. The lowest BCUT2D eigenvalue weighted by atomic mass is 10.0. The fourth-order valence-electron chi connectivity index (χ4n) is 2.71. The average molecular weight is 320 g/mol. The summed E-state index contributed by atoms with van der Waals surface area (Å²) in [7, 11) is 0. The number of hydrogen-bond acceptors (Lipinski definition) is 5. The topological polar surface area (TPSA) is 73.0 Å². The van der Waals surface area contributed by atoms with Gasteiger partial charge in [-0.1, -0.05) is 5.16 Å². The highest BCUT2D eigenvalue weighted by Crippen LogP contribution is 2.44. The number of amides is 1. The first-order valence-corrected chi connectivity index (χ1v) is 8.26. The Hall–Kier alpha value is -1.76. The van der Waals surface area contributed by atoms with Gasteiger partial charge in [-0.05, 0) is 34.6 Å². The smallest absolute Gasteiger partial charge is 0.235 e. The summed E-state index contributed by atoms with van der Waals surface area (Å²) in [4.78, 5) is 12.1. The van der Waals surface area contributed by atoms with Crippen LogP contribution in [0.5, 0.6) is 0 Å². The van der Waals surface area contributed by atoms with Gasteiger partial charge in [0.25, 0.3) is 0 Å². The van der Waals surface area contributed by atoms with Crippen molar-refractivity contribution >= 4 is 23.5 Å². The molecule has 0 saturated carbocycles. The summed E-state index contributed by atoms with van der Waals surface area (Å²) in [5.41, 5.74) is 2.69. The maximum atomic E-state index is 12.1. The number of aromatic nitrogens is 3. The number of carbonyl (C=O) groups excluding carboxylic acids is 1. The van der Waals surface area contributed by atoms with Crippen molar-refractivity contribution in [2.24, 2.45) is 0 Å². The highest BCUT2D eigenvalue weighted by Gasteiger charge is 2.33. The average Bonchev–Trinajstić information content (AvgIpc) is 2.92. The SMILES string of the molecule is Cc1noc(C)c1C1SCC(=O)Nc2c1cnn2C(C)(C)C. The standard InChI is InChI=1S/C15H20N4O2S/c1-8-12(9(2)21-18-8)13-10-6-16-19(15(3,4)5)14(10)17-11(20)7-22-13/h6,13H,7H2,1-5H3,(H,17,20). The molecule has 1 amide bonds. The van der Waals surface area contributed by atoms with Crippen molar-refractivity contribution in [3.8, 4) is 0 Å².